The Balaban J connectivity index is 1.78. The quantitative estimate of drug-likeness (QED) is 0.486. The zero-order chi connectivity index (χ0) is 21.1. The summed E-state index contributed by atoms with van der Waals surface area (Å²) in [4.78, 5) is 13.8. The molecule has 9 heteroatoms. The largest absolute Gasteiger partial charge is 0.506 e. The van der Waals surface area contributed by atoms with Crippen molar-refractivity contribution < 1.29 is 14.6 Å². The van der Waals surface area contributed by atoms with Crippen molar-refractivity contribution in [3.8, 4) is 11.5 Å². The van der Waals surface area contributed by atoms with Crippen molar-refractivity contribution in [1.29, 1.82) is 0 Å². The van der Waals surface area contributed by atoms with Crippen molar-refractivity contribution >= 4 is 34.1 Å². The van der Waals surface area contributed by atoms with Gasteiger partial charge in [0.25, 0.3) is 5.91 Å². The van der Waals surface area contributed by atoms with E-state index < -0.39 is 5.91 Å². The Bertz CT molecular complexity index is 1220. The molecule has 0 atom stereocenters. The molecule has 0 aliphatic heterocycles. The van der Waals surface area contributed by atoms with Gasteiger partial charge in [0.2, 0.25) is 5.16 Å². The number of benzene rings is 3. The van der Waals surface area contributed by atoms with E-state index in [9.17, 15) is 9.90 Å². The number of carbonyl (C=O) groups excluding carboxylic acids is 1. The van der Waals surface area contributed by atoms with E-state index in [-0.39, 0.29) is 11.3 Å². The number of rotatable bonds is 6. The lowest BCUT2D eigenvalue weighted by molar-refractivity contribution is 0.102. The highest BCUT2D eigenvalue weighted by Gasteiger charge is 2.20. The number of hydrogen-bond donors (Lipinski definition) is 2. The van der Waals surface area contributed by atoms with Crippen LogP contribution in [0.3, 0.4) is 0 Å². The average Bonchev–Trinajstić information content (AvgIpc) is 3.23. The maximum Gasteiger partial charge on any atom is 0.259 e. The van der Waals surface area contributed by atoms with E-state index in [1.807, 2.05) is 31.2 Å². The van der Waals surface area contributed by atoms with Gasteiger partial charge in [0.1, 0.15) is 11.5 Å². The second-order valence-corrected chi connectivity index (χ2v) is 7.36. The van der Waals surface area contributed by atoms with E-state index in [4.69, 9.17) is 4.74 Å². The van der Waals surface area contributed by atoms with Gasteiger partial charge >= 0.3 is 0 Å². The number of amides is 1. The van der Waals surface area contributed by atoms with Crippen LogP contribution in [-0.2, 0) is 6.54 Å². The Hall–Kier alpha value is -3.59. The zero-order valence-electron chi connectivity index (χ0n) is 16.4. The van der Waals surface area contributed by atoms with Crippen molar-refractivity contribution in [2.45, 2.75) is 23.5 Å². The van der Waals surface area contributed by atoms with Crippen molar-refractivity contribution in [2.75, 3.05) is 12.4 Å². The van der Waals surface area contributed by atoms with Crippen LogP contribution in [0.5, 0.6) is 11.5 Å². The summed E-state index contributed by atoms with van der Waals surface area (Å²) in [7, 11) is 1.53. The SMILES string of the molecule is CCn1nnnc1Sc1cc(C(=O)Nc2ccccc2OC)c(O)c2ccccc12. The predicted molar refractivity (Wildman–Crippen MR) is 114 cm³/mol. The summed E-state index contributed by atoms with van der Waals surface area (Å²) in [5, 5.41) is 27.4. The Morgan fingerprint density at radius 2 is 1.90 bits per heavy atom. The van der Waals surface area contributed by atoms with Crippen LogP contribution in [-0.4, -0.2) is 38.3 Å². The van der Waals surface area contributed by atoms with Crippen LogP contribution in [0, 0.1) is 0 Å². The van der Waals surface area contributed by atoms with Crippen molar-refractivity contribution in [3.05, 3.63) is 60.2 Å². The zero-order valence-corrected chi connectivity index (χ0v) is 17.2. The van der Waals surface area contributed by atoms with E-state index in [1.165, 1.54) is 18.9 Å². The number of aromatic hydroxyl groups is 1. The minimum Gasteiger partial charge on any atom is -0.506 e. The average molecular weight is 421 g/mol. The lowest BCUT2D eigenvalue weighted by Crippen LogP contribution is -2.13. The molecule has 152 valence electrons. The monoisotopic (exact) mass is 421 g/mol. The van der Waals surface area contributed by atoms with Crippen LogP contribution in [0.2, 0.25) is 0 Å². The highest BCUT2D eigenvalue weighted by Crippen LogP contribution is 2.39. The van der Waals surface area contributed by atoms with Crippen LogP contribution in [0.25, 0.3) is 10.8 Å². The van der Waals surface area contributed by atoms with E-state index in [0.29, 0.717) is 28.5 Å². The number of tetrazole rings is 1. The Labute approximate surface area is 176 Å². The summed E-state index contributed by atoms with van der Waals surface area (Å²) in [6.07, 6.45) is 0. The molecule has 0 radical (unpaired) electrons. The number of phenolic OH excluding ortho intramolecular Hbond substituents is 1. The van der Waals surface area contributed by atoms with Crippen LogP contribution >= 0.6 is 11.8 Å². The lowest BCUT2D eigenvalue weighted by atomic mass is 10.0. The van der Waals surface area contributed by atoms with E-state index in [0.717, 1.165) is 10.3 Å². The molecule has 3 aromatic carbocycles. The van der Waals surface area contributed by atoms with Gasteiger partial charge in [0.15, 0.2) is 0 Å². The van der Waals surface area contributed by atoms with Gasteiger partial charge in [-0.05, 0) is 52.7 Å². The number of carbonyl (C=O) groups is 1. The standard InChI is InChI=1S/C21H19N5O3S/c1-3-26-21(23-24-25-26)30-18-12-15(19(27)14-9-5-4-8-13(14)18)20(28)22-16-10-6-7-11-17(16)29-2/h4-12,27H,3H2,1-2H3,(H,22,28). The van der Waals surface area contributed by atoms with Crippen LogP contribution in [0.4, 0.5) is 5.69 Å². The van der Waals surface area contributed by atoms with Crippen molar-refractivity contribution in [2.24, 2.45) is 0 Å². The molecular weight excluding hydrogens is 402 g/mol. The fourth-order valence-electron chi connectivity index (χ4n) is 3.09. The number of aryl methyl sites for hydroxylation is 1. The summed E-state index contributed by atoms with van der Waals surface area (Å²) >= 11 is 1.34. The van der Waals surface area contributed by atoms with E-state index >= 15 is 0 Å². The highest BCUT2D eigenvalue weighted by molar-refractivity contribution is 7.99. The second kappa shape index (κ2) is 8.42. The first-order chi connectivity index (χ1) is 14.6. The molecule has 0 bridgehead atoms. The van der Waals surface area contributed by atoms with Gasteiger partial charge in [-0.15, -0.1) is 5.10 Å². The minimum absolute atomic E-state index is 0.0857. The summed E-state index contributed by atoms with van der Waals surface area (Å²) in [5.74, 6) is -0.0000305. The third kappa shape index (κ3) is 3.67. The number of hydrogen-bond acceptors (Lipinski definition) is 7. The number of ether oxygens (including phenoxy) is 1. The molecular formula is C21H19N5O3S. The first-order valence-corrected chi connectivity index (χ1v) is 10.1. The molecule has 30 heavy (non-hydrogen) atoms. The van der Waals surface area contributed by atoms with Gasteiger partial charge in [-0.25, -0.2) is 4.68 Å². The second-order valence-electron chi connectivity index (χ2n) is 6.35. The molecule has 0 saturated heterocycles. The maximum atomic E-state index is 13.0. The molecule has 8 nitrogen and oxygen atoms in total. The minimum atomic E-state index is -0.445. The van der Waals surface area contributed by atoms with Crippen molar-refractivity contribution in [1.82, 2.24) is 20.2 Å². The van der Waals surface area contributed by atoms with Gasteiger partial charge in [0, 0.05) is 16.8 Å². The molecule has 0 spiro atoms. The Morgan fingerprint density at radius 3 is 2.67 bits per heavy atom. The molecule has 1 heterocycles. The topological polar surface area (TPSA) is 102 Å². The molecule has 2 N–H and O–H groups in total. The van der Waals surface area contributed by atoms with Gasteiger partial charge in [-0.3, -0.25) is 4.79 Å². The number of fused-ring (bicyclic) bond motifs is 1. The lowest BCUT2D eigenvalue weighted by Gasteiger charge is -2.14. The number of nitrogens with zero attached hydrogens (tertiary/aromatic N) is 4. The first kappa shape index (κ1) is 19.7. The highest BCUT2D eigenvalue weighted by atomic mass is 32.2. The third-order valence-electron chi connectivity index (χ3n) is 4.58. The number of nitrogens with one attached hydrogen (secondary N) is 1. The molecule has 1 aromatic heterocycles. The fourth-order valence-corrected chi connectivity index (χ4v) is 4.10. The van der Waals surface area contributed by atoms with Crippen molar-refractivity contribution in [3.63, 3.8) is 0 Å². The molecule has 0 fully saturated rings. The van der Waals surface area contributed by atoms with Gasteiger partial charge in [-0.1, -0.05) is 36.4 Å². The normalized spacial score (nSPS) is 10.9. The molecule has 1 amide bonds. The number of para-hydroxylation sites is 2. The maximum absolute atomic E-state index is 13.0. The molecule has 0 unspecified atom stereocenters. The Morgan fingerprint density at radius 1 is 1.17 bits per heavy atom. The number of methoxy groups -OCH3 is 1. The third-order valence-corrected chi connectivity index (χ3v) is 5.61. The number of anilines is 1. The van der Waals surface area contributed by atoms with Gasteiger partial charge < -0.3 is 15.2 Å². The van der Waals surface area contributed by atoms with Crippen LogP contribution in [0.15, 0.2) is 64.6 Å². The molecule has 0 aliphatic rings. The summed E-state index contributed by atoms with van der Waals surface area (Å²) in [6.45, 7) is 2.56. The summed E-state index contributed by atoms with van der Waals surface area (Å²) in [5.41, 5.74) is 0.666. The number of phenols is 1. The summed E-state index contributed by atoms with van der Waals surface area (Å²) in [6, 6.07) is 16.1. The van der Waals surface area contributed by atoms with Crippen LogP contribution < -0.4 is 10.1 Å². The Kier molecular flexibility index (Phi) is 5.53. The summed E-state index contributed by atoms with van der Waals surface area (Å²) < 4.78 is 6.96. The van der Waals surface area contributed by atoms with Gasteiger partial charge in [0.05, 0.1) is 18.4 Å². The predicted octanol–water partition coefficient (Wildman–Crippen LogP) is 3.96. The fraction of sp³-hybridized carbons (Fsp3) is 0.143. The smallest absolute Gasteiger partial charge is 0.259 e. The van der Waals surface area contributed by atoms with E-state index in [1.54, 1.807) is 35.0 Å². The molecule has 4 aromatic rings. The molecule has 0 saturated carbocycles. The van der Waals surface area contributed by atoms with Crippen LogP contribution in [0.1, 0.15) is 17.3 Å². The number of aromatic nitrogens is 4. The van der Waals surface area contributed by atoms with E-state index in [2.05, 4.69) is 20.8 Å². The molecule has 0 aliphatic carbocycles. The van der Waals surface area contributed by atoms with Gasteiger partial charge in [-0.2, -0.15) is 0 Å². The first-order valence-electron chi connectivity index (χ1n) is 9.25. The molecule has 4 rings (SSSR count).